The van der Waals surface area contributed by atoms with E-state index in [1.807, 2.05) is 11.8 Å². The number of benzene rings is 1. The van der Waals surface area contributed by atoms with Crippen molar-refractivity contribution in [2.75, 3.05) is 12.3 Å². The average molecular weight is 305 g/mol. The minimum absolute atomic E-state index is 0.223. The number of thioether (sulfide) groups is 1. The van der Waals surface area contributed by atoms with Crippen LogP contribution in [-0.4, -0.2) is 23.1 Å². The first kappa shape index (κ1) is 16.4. The van der Waals surface area contributed by atoms with Gasteiger partial charge in [-0.25, -0.2) is 0 Å². The highest BCUT2D eigenvalue weighted by atomic mass is 32.2. The van der Waals surface area contributed by atoms with Gasteiger partial charge in [0.05, 0.1) is 0 Å². The van der Waals surface area contributed by atoms with Gasteiger partial charge in [-0.15, -0.1) is 11.8 Å². The molecule has 1 atom stereocenters. The van der Waals surface area contributed by atoms with Crippen molar-refractivity contribution in [2.45, 2.75) is 57.7 Å². The molecule has 0 radical (unpaired) electrons. The highest BCUT2D eigenvalue weighted by molar-refractivity contribution is 7.99. The molecule has 1 heterocycles. The SMILES string of the molecule is CCCCCC(=O)N1CCSC1c1ccc(C(C)C)cc1. The van der Waals surface area contributed by atoms with E-state index in [1.54, 1.807) is 0 Å². The van der Waals surface area contributed by atoms with Gasteiger partial charge in [-0.3, -0.25) is 4.79 Å². The summed E-state index contributed by atoms with van der Waals surface area (Å²) in [5.41, 5.74) is 2.63. The Morgan fingerprint density at radius 1 is 1.29 bits per heavy atom. The molecule has 1 fully saturated rings. The third-order valence-electron chi connectivity index (χ3n) is 4.09. The Hall–Kier alpha value is -0.960. The first-order chi connectivity index (χ1) is 10.1. The largest absolute Gasteiger partial charge is 0.326 e. The predicted octanol–water partition coefficient (Wildman–Crippen LogP) is 4.96. The van der Waals surface area contributed by atoms with Crippen LogP contribution in [0.3, 0.4) is 0 Å². The summed E-state index contributed by atoms with van der Waals surface area (Å²) in [7, 11) is 0. The van der Waals surface area contributed by atoms with E-state index in [4.69, 9.17) is 0 Å². The molecule has 2 nitrogen and oxygen atoms in total. The Morgan fingerprint density at radius 2 is 2.00 bits per heavy atom. The molecular weight excluding hydrogens is 278 g/mol. The number of hydrogen-bond acceptors (Lipinski definition) is 2. The van der Waals surface area contributed by atoms with E-state index >= 15 is 0 Å². The number of nitrogens with zero attached hydrogens (tertiary/aromatic N) is 1. The molecule has 1 aromatic rings. The minimum Gasteiger partial charge on any atom is -0.326 e. The van der Waals surface area contributed by atoms with Gasteiger partial charge in [-0.05, 0) is 23.5 Å². The van der Waals surface area contributed by atoms with E-state index in [1.165, 1.54) is 17.5 Å². The summed E-state index contributed by atoms with van der Waals surface area (Å²) in [6, 6.07) is 8.81. The zero-order chi connectivity index (χ0) is 15.2. The van der Waals surface area contributed by atoms with Gasteiger partial charge < -0.3 is 4.90 Å². The molecule has 1 amide bonds. The van der Waals surface area contributed by atoms with Gasteiger partial charge in [-0.1, -0.05) is 57.9 Å². The molecule has 0 spiro atoms. The Labute approximate surface area is 133 Å². The van der Waals surface area contributed by atoms with Crippen molar-refractivity contribution in [2.24, 2.45) is 0 Å². The number of carbonyl (C=O) groups excluding carboxylic acids is 1. The van der Waals surface area contributed by atoms with E-state index < -0.39 is 0 Å². The maximum Gasteiger partial charge on any atom is 0.223 e. The summed E-state index contributed by atoms with van der Waals surface area (Å²) in [6.45, 7) is 7.49. The van der Waals surface area contributed by atoms with Crippen LogP contribution in [0.2, 0.25) is 0 Å². The van der Waals surface area contributed by atoms with Crippen molar-refractivity contribution in [1.82, 2.24) is 4.90 Å². The molecule has 3 heteroatoms. The van der Waals surface area contributed by atoms with Crippen LogP contribution in [-0.2, 0) is 4.79 Å². The fourth-order valence-electron chi connectivity index (χ4n) is 2.72. The van der Waals surface area contributed by atoms with Crippen molar-refractivity contribution < 1.29 is 4.79 Å². The van der Waals surface area contributed by atoms with Gasteiger partial charge >= 0.3 is 0 Å². The zero-order valence-electron chi connectivity index (χ0n) is 13.5. The van der Waals surface area contributed by atoms with Crippen molar-refractivity contribution in [3.8, 4) is 0 Å². The van der Waals surface area contributed by atoms with E-state index in [-0.39, 0.29) is 5.37 Å². The molecule has 0 aliphatic carbocycles. The second-order valence-corrected chi connectivity index (χ2v) is 7.28. The van der Waals surface area contributed by atoms with E-state index in [9.17, 15) is 4.79 Å². The van der Waals surface area contributed by atoms with Gasteiger partial charge in [0.1, 0.15) is 5.37 Å². The normalized spacial score (nSPS) is 18.5. The quantitative estimate of drug-likeness (QED) is 0.692. The van der Waals surface area contributed by atoms with Gasteiger partial charge in [-0.2, -0.15) is 0 Å². The fraction of sp³-hybridized carbons (Fsp3) is 0.611. The van der Waals surface area contributed by atoms with Crippen molar-refractivity contribution in [3.63, 3.8) is 0 Å². The maximum atomic E-state index is 12.4. The lowest BCUT2D eigenvalue weighted by atomic mass is 10.0. The molecule has 2 rings (SSSR count). The van der Waals surface area contributed by atoms with Crippen LogP contribution in [0.1, 0.15) is 68.9 Å². The van der Waals surface area contributed by atoms with Crippen LogP contribution >= 0.6 is 11.8 Å². The lowest BCUT2D eigenvalue weighted by Crippen LogP contribution is -2.30. The Morgan fingerprint density at radius 3 is 2.62 bits per heavy atom. The monoisotopic (exact) mass is 305 g/mol. The lowest BCUT2D eigenvalue weighted by molar-refractivity contribution is -0.131. The molecule has 0 saturated carbocycles. The highest BCUT2D eigenvalue weighted by Crippen LogP contribution is 2.38. The Bertz CT molecular complexity index is 455. The second-order valence-electron chi connectivity index (χ2n) is 6.09. The summed E-state index contributed by atoms with van der Waals surface area (Å²) in [5.74, 6) is 1.93. The third-order valence-corrected chi connectivity index (χ3v) is 5.35. The molecular formula is C18H27NOS. The van der Waals surface area contributed by atoms with Gasteiger partial charge in [0.25, 0.3) is 0 Å². The van der Waals surface area contributed by atoms with Crippen LogP contribution in [0.15, 0.2) is 24.3 Å². The highest BCUT2D eigenvalue weighted by Gasteiger charge is 2.29. The van der Waals surface area contributed by atoms with E-state index in [2.05, 4.69) is 49.9 Å². The van der Waals surface area contributed by atoms with Gasteiger partial charge in [0.2, 0.25) is 5.91 Å². The standard InChI is InChI=1S/C18H27NOS/c1-4-5-6-7-17(20)19-12-13-21-18(19)16-10-8-15(9-11-16)14(2)3/h8-11,14,18H,4-7,12-13H2,1-3H3. The molecule has 0 bridgehead atoms. The molecule has 1 aromatic carbocycles. The number of hydrogen-bond donors (Lipinski definition) is 0. The van der Waals surface area contributed by atoms with Crippen LogP contribution in [0, 0.1) is 0 Å². The van der Waals surface area contributed by atoms with E-state index in [0.717, 1.165) is 25.1 Å². The summed E-state index contributed by atoms with van der Waals surface area (Å²) in [4.78, 5) is 14.5. The van der Waals surface area contributed by atoms with Crippen LogP contribution < -0.4 is 0 Å². The zero-order valence-corrected chi connectivity index (χ0v) is 14.3. The maximum absolute atomic E-state index is 12.4. The predicted molar refractivity (Wildman–Crippen MR) is 91.6 cm³/mol. The first-order valence-corrected chi connectivity index (χ1v) is 9.19. The van der Waals surface area contributed by atoms with E-state index in [0.29, 0.717) is 18.2 Å². The average Bonchev–Trinajstić information content (AvgIpc) is 2.97. The number of carbonyl (C=O) groups is 1. The van der Waals surface area contributed by atoms with Gasteiger partial charge in [0, 0.05) is 18.7 Å². The number of unbranched alkanes of at least 4 members (excludes halogenated alkanes) is 2. The van der Waals surface area contributed by atoms with Crippen LogP contribution in [0.5, 0.6) is 0 Å². The lowest BCUT2D eigenvalue weighted by Gasteiger charge is -2.24. The second kappa shape index (κ2) is 7.88. The molecule has 1 unspecified atom stereocenters. The fourth-order valence-corrected chi connectivity index (χ4v) is 3.99. The molecule has 1 aliphatic rings. The van der Waals surface area contributed by atoms with Crippen LogP contribution in [0.4, 0.5) is 0 Å². The van der Waals surface area contributed by atoms with Crippen molar-refractivity contribution in [1.29, 1.82) is 0 Å². The summed E-state index contributed by atoms with van der Waals surface area (Å²) >= 11 is 1.89. The van der Waals surface area contributed by atoms with Crippen molar-refractivity contribution >= 4 is 17.7 Å². The van der Waals surface area contributed by atoms with Crippen molar-refractivity contribution in [3.05, 3.63) is 35.4 Å². The number of amides is 1. The molecule has 1 saturated heterocycles. The Balaban J connectivity index is 2.02. The first-order valence-electron chi connectivity index (χ1n) is 8.14. The molecule has 116 valence electrons. The topological polar surface area (TPSA) is 20.3 Å². The summed E-state index contributed by atoms with van der Waals surface area (Å²) in [6.07, 6.45) is 4.05. The summed E-state index contributed by atoms with van der Waals surface area (Å²) < 4.78 is 0. The molecule has 1 aliphatic heterocycles. The smallest absolute Gasteiger partial charge is 0.223 e. The van der Waals surface area contributed by atoms with Crippen LogP contribution in [0.25, 0.3) is 0 Å². The Kier molecular flexibility index (Phi) is 6.16. The summed E-state index contributed by atoms with van der Waals surface area (Å²) in [5, 5.41) is 0.223. The van der Waals surface area contributed by atoms with Gasteiger partial charge in [0.15, 0.2) is 0 Å². The molecule has 0 N–H and O–H groups in total. The minimum atomic E-state index is 0.223. The molecule has 21 heavy (non-hydrogen) atoms. The molecule has 0 aromatic heterocycles. The third kappa shape index (κ3) is 4.26. The number of rotatable bonds is 6.